The highest BCUT2D eigenvalue weighted by molar-refractivity contribution is 6.07. The van der Waals surface area contributed by atoms with Crippen molar-refractivity contribution in [3.63, 3.8) is 0 Å². The molecule has 22 heavy (non-hydrogen) atoms. The summed E-state index contributed by atoms with van der Waals surface area (Å²) in [6, 6.07) is 6.05. The molecule has 1 aliphatic heterocycles. The Bertz CT molecular complexity index is 614. The van der Waals surface area contributed by atoms with E-state index in [9.17, 15) is 10.1 Å². The summed E-state index contributed by atoms with van der Waals surface area (Å²) in [6.45, 7) is 9.29. The molecule has 1 amide bonds. The largest absolute Gasteiger partial charge is 0.374 e. The number of carbonyl (C=O) groups excluding carboxylic acids is 1. The lowest BCUT2D eigenvalue weighted by molar-refractivity contribution is -0.112. The summed E-state index contributed by atoms with van der Waals surface area (Å²) >= 11 is 0. The van der Waals surface area contributed by atoms with Gasteiger partial charge >= 0.3 is 0 Å². The molecule has 0 radical (unpaired) electrons. The molecule has 2 N–H and O–H groups in total. The van der Waals surface area contributed by atoms with Crippen LogP contribution in [-0.2, 0) is 4.79 Å². The lowest BCUT2D eigenvalue weighted by Crippen LogP contribution is -2.41. The number of hydrogen-bond donors (Lipinski definition) is 2. The summed E-state index contributed by atoms with van der Waals surface area (Å²) < 4.78 is 0. The molecule has 0 unspecified atom stereocenters. The van der Waals surface area contributed by atoms with Crippen LogP contribution in [0.4, 0.5) is 5.69 Å². The number of anilines is 1. The van der Waals surface area contributed by atoms with Crippen molar-refractivity contribution in [1.82, 2.24) is 10.2 Å². The topological polar surface area (TPSA) is 68.2 Å². The molecule has 0 aromatic heterocycles. The number of nitrogens with one attached hydrogen (secondary N) is 2. The van der Waals surface area contributed by atoms with Gasteiger partial charge in [0.15, 0.2) is 0 Å². The minimum absolute atomic E-state index is 0.140. The number of aryl methyl sites for hydroxylation is 3. The van der Waals surface area contributed by atoms with Crippen molar-refractivity contribution in [3.05, 3.63) is 40.6 Å². The molecule has 5 nitrogen and oxygen atoms in total. The van der Waals surface area contributed by atoms with Gasteiger partial charge in [-0.05, 0) is 31.9 Å². The Morgan fingerprint density at radius 2 is 1.86 bits per heavy atom. The highest BCUT2D eigenvalue weighted by Gasteiger charge is 2.15. The van der Waals surface area contributed by atoms with Crippen LogP contribution in [0, 0.1) is 32.1 Å². The molecule has 0 bridgehead atoms. The molecule has 5 heteroatoms. The third-order valence-corrected chi connectivity index (χ3v) is 3.74. The normalized spacial score (nSPS) is 15.4. The van der Waals surface area contributed by atoms with E-state index in [4.69, 9.17) is 0 Å². The molecular weight excluding hydrogens is 276 g/mol. The molecule has 0 spiro atoms. The molecule has 116 valence electrons. The van der Waals surface area contributed by atoms with Crippen LogP contribution >= 0.6 is 0 Å². The Hall–Kier alpha value is -2.32. The van der Waals surface area contributed by atoms with Gasteiger partial charge in [-0.1, -0.05) is 17.7 Å². The standard InChI is InChI=1S/C17H22N4O/c1-12-8-13(2)16(14(3)9-12)20-17(22)15(10-18)11-21-6-4-19-5-7-21/h8-9,11,19H,4-7H2,1-3H3,(H,20,22)/b15-11-. The van der Waals surface area contributed by atoms with E-state index in [-0.39, 0.29) is 11.5 Å². The van der Waals surface area contributed by atoms with E-state index in [2.05, 4.69) is 10.6 Å². The fourth-order valence-electron chi connectivity index (χ4n) is 2.69. The zero-order valence-corrected chi connectivity index (χ0v) is 13.4. The molecule has 0 saturated carbocycles. The van der Waals surface area contributed by atoms with Gasteiger partial charge in [-0.3, -0.25) is 4.79 Å². The summed E-state index contributed by atoms with van der Waals surface area (Å²) in [5.41, 5.74) is 4.10. The number of piperazine rings is 1. The lowest BCUT2D eigenvalue weighted by atomic mass is 10.0. The first-order valence-corrected chi connectivity index (χ1v) is 7.47. The maximum atomic E-state index is 12.4. The van der Waals surface area contributed by atoms with Crippen LogP contribution in [0.2, 0.25) is 0 Å². The van der Waals surface area contributed by atoms with Crippen LogP contribution in [-0.4, -0.2) is 37.0 Å². The quantitative estimate of drug-likeness (QED) is 0.660. The predicted octanol–water partition coefficient (Wildman–Crippen LogP) is 1.86. The summed E-state index contributed by atoms with van der Waals surface area (Å²) in [4.78, 5) is 14.4. The zero-order chi connectivity index (χ0) is 16.1. The predicted molar refractivity (Wildman–Crippen MR) is 87.4 cm³/mol. The fraction of sp³-hybridized carbons (Fsp3) is 0.412. The Morgan fingerprint density at radius 3 is 2.41 bits per heavy atom. The molecule has 2 rings (SSSR count). The maximum Gasteiger partial charge on any atom is 0.267 e. The molecular formula is C17H22N4O. The number of carbonyl (C=O) groups is 1. The van der Waals surface area contributed by atoms with Gasteiger partial charge in [0.2, 0.25) is 0 Å². The number of benzene rings is 1. The van der Waals surface area contributed by atoms with E-state index < -0.39 is 0 Å². The molecule has 1 aliphatic rings. The number of rotatable bonds is 3. The third-order valence-electron chi connectivity index (χ3n) is 3.74. The van der Waals surface area contributed by atoms with E-state index in [1.807, 2.05) is 43.9 Å². The average molecular weight is 298 g/mol. The smallest absolute Gasteiger partial charge is 0.267 e. The Kier molecular flexibility index (Phi) is 5.18. The first kappa shape index (κ1) is 16.1. The fourth-order valence-corrected chi connectivity index (χ4v) is 2.69. The molecule has 1 saturated heterocycles. The van der Waals surface area contributed by atoms with Crippen LogP contribution in [0.15, 0.2) is 23.9 Å². The third kappa shape index (κ3) is 3.86. The molecule has 1 fully saturated rings. The lowest BCUT2D eigenvalue weighted by Gasteiger charge is -2.26. The van der Waals surface area contributed by atoms with Crippen molar-refractivity contribution in [2.75, 3.05) is 31.5 Å². The van der Waals surface area contributed by atoms with Crippen molar-refractivity contribution < 1.29 is 4.79 Å². The van der Waals surface area contributed by atoms with Gasteiger partial charge in [0.1, 0.15) is 11.6 Å². The van der Waals surface area contributed by atoms with Crippen molar-refractivity contribution in [3.8, 4) is 6.07 Å². The van der Waals surface area contributed by atoms with E-state index in [0.29, 0.717) is 0 Å². The summed E-state index contributed by atoms with van der Waals surface area (Å²) in [5, 5.41) is 15.4. The van der Waals surface area contributed by atoms with Gasteiger partial charge in [0.05, 0.1) is 0 Å². The monoisotopic (exact) mass is 298 g/mol. The number of hydrogen-bond acceptors (Lipinski definition) is 4. The first-order chi connectivity index (χ1) is 10.5. The summed E-state index contributed by atoms with van der Waals surface area (Å²) in [6.07, 6.45) is 1.66. The highest BCUT2D eigenvalue weighted by Crippen LogP contribution is 2.22. The Balaban J connectivity index is 2.16. The van der Waals surface area contributed by atoms with Gasteiger partial charge in [0, 0.05) is 38.1 Å². The SMILES string of the molecule is Cc1cc(C)c(NC(=O)/C(C#N)=C\N2CCNCC2)c(C)c1. The van der Waals surface area contributed by atoms with E-state index in [0.717, 1.165) is 48.6 Å². The zero-order valence-electron chi connectivity index (χ0n) is 13.4. The second kappa shape index (κ2) is 7.10. The van der Waals surface area contributed by atoms with Gasteiger partial charge in [-0.2, -0.15) is 5.26 Å². The number of nitriles is 1. The number of nitrogens with zero attached hydrogens (tertiary/aromatic N) is 2. The van der Waals surface area contributed by atoms with Crippen molar-refractivity contribution in [1.29, 1.82) is 5.26 Å². The van der Waals surface area contributed by atoms with Gasteiger partial charge < -0.3 is 15.5 Å². The first-order valence-electron chi connectivity index (χ1n) is 7.47. The van der Waals surface area contributed by atoms with Gasteiger partial charge in [-0.25, -0.2) is 0 Å². The van der Waals surface area contributed by atoms with Crippen LogP contribution in [0.25, 0.3) is 0 Å². The van der Waals surface area contributed by atoms with Gasteiger partial charge in [-0.15, -0.1) is 0 Å². The van der Waals surface area contributed by atoms with E-state index >= 15 is 0 Å². The van der Waals surface area contributed by atoms with Gasteiger partial charge in [0.25, 0.3) is 5.91 Å². The molecule has 0 aliphatic carbocycles. The Morgan fingerprint density at radius 1 is 1.27 bits per heavy atom. The van der Waals surface area contributed by atoms with Crippen LogP contribution in [0.3, 0.4) is 0 Å². The molecule has 1 aromatic rings. The molecule has 0 atom stereocenters. The maximum absolute atomic E-state index is 12.4. The second-order valence-corrected chi connectivity index (χ2v) is 5.67. The molecule has 1 heterocycles. The number of amides is 1. The highest BCUT2D eigenvalue weighted by atomic mass is 16.1. The summed E-state index contributed by atoms with van der Waals surface area (Å²) in [7, 11) is 0. The van der Waals surface area contributed by atoms with Crippen molar-refractivity contribution in [2.45, 2.75) is 20.8 Å². The summed E-state index contributed by atoms with van der Waals surface area (Å²) in [5.74, 6) is -0.351. The molecule has 1 aromatic carbocycles. The van der Waals surface area contributed by atoms with Crippen LogP contribution in [0.5, 0.6) is 0 Å². The van der Waals surface area contributed by atoms with E-state index in [1.165, 1.54) is 0 Å². The Labute approximate surface area is 131 Å². The minimum atomic E-state index is -0.351. The van der Waals surface area contributed by atoms with Crippen molar-refractivity contribution in [2.24, 2.45) is 0 Å². The minimum Gasteiger partial charge on any atom is -0.374 e. The second-order valence-electron chi connectivity index (χ2n) is 5.67. The van der Waals surface area contributed by atoms with Crippen molar-refractivity contribution >= 4 is 11.6 Å². The average Bonchev–Trinajstić information content (AvgIpc) is 2.49. The van der Waals surface area contributed by atoms with Crippen LogP contribution in [0.1, 0.15) is 16.7 Å². The van der Waals surface area contributed by atoms with Crippen LogP contribution < -0.4 is 10.6 Å². The van der Waals surface area contributed by atoms with E-state index in [1.54, 1.807) is 6.20 Å².